The topological polar surface area (TPSA) is 0 Å². The zero-order chi connectivity index (χ0) is 9.84. The number of rotatable bonds is 3. The highest BCUT2D eigenvalue weighted by atomic mass is 14.1. The molecule has 0 nitrogen and oxygen atoms in total. The summed E-state index contributed by atoms with van der Waals surface area (Å²) in [6.07, 6.45) is 1.18. The van der Waals surface area contributed by atoms with E-state index in [1.165, 1.54) is 23.5 Å². The normalized spacial score (nSPS) is 11.2. The molecule has 1 aromatic rings. The van der Waals surface area contributed by atoms with Gasteiger partial charge in [0.15, 0.2) is 0 Å². The monoisotopic (exact) mass is 175 g/mol. The molecule has 0 aliphatic carbocycles. The molecule has 0 unspecified atom stereocenters. The zero-order valence-electron chi connectivity index (χ0n) is 9.09. The van der Waals surface area contributed by atoms with E-state index in [-0.39, 0.29) is 0 Å². The van der Waals surface area contributed by atoms with Crippen molar-refractivity contribution in [1.29, 1.82) is 0 Å². The summed E-state index contributed by atoms with van der Waals surface area (Å²) in [5.41, 5.74) is 2.91. The Labute approximate surface area is 82.0 Å². The predicted octanol–water partition coefficient (Wildman–Crippen LogP) is 3.85. The fourth-order valence-corrected chi connectivity index (χ4v) is 1.63. The van der Waals surface area contributed by atoms with Gasteiger partial charge < -0.3 is 0 Å². The van der Waals surface area contributed by atoms with Gasteiger partial charge in [-0.2, -0.15) is 0 Å². The van der Waals surface area contributed by atoms with E-state index in [1.54, 1.807) is 0 Å². The summed E-state index contributed by atoms with van der Waals surface area (Å²) in [5, 5.41) is 0. The summed E-state index contributed by atoms with van der Waals surface area (Å²) in [6, 6.07) is 8.70. The summed E-state index contributed by atoms with van der Waals surface area (Å²) in [6.45, 7) is 8.89. The Kier molecular flexibility index (Phi) is 3.53. The Morgan fingerprint density at radius 3 is 2.31 bits per heavy atom. The smallest absolute Gasteiger partial charge is 0.000922 e. The van der Waals surface area contributed by atoms with Crippen molar-refractivity contribution in [2.75, 3.05) is 0 Å². The highest BCUT2D eigenvalue weighted by Gasteiger charge is 2.06. The van der Waals surface area contributed by atoms with Crippen molar-refractivity contribution >= 4 is 0 Å². The quantitative estimate of drug-likeness (QED) is 0.654. The Morgan fingerprint density at radius 1 is 1.15 bits per heavy atom. The van der Waals surface area contributed by atoms with Gasteiger partial charge in [-0.25, -0.2) is 0 Å². The van der Waals surface area contributed by atoms with Crippen LogP contribution in [0.4, 0.5) is 0 Å². The summed E-state index contributed by atoms with van der Waals surface area (Å²) in [5.74, 6) is 2.15. The van der Waals surface area contributed by atoms with Crippen LogP contribution in [0.5, 0.6) is 0 Å². The molecule has 0 saturated heterocycles. The molecule has 0 spiro atoms. The molecule has 0 heterocycles. The van der Waals surface area contributed by atoms with Gasteiger partial charge in [-0.1, -0.05) is 52.0 Å². The van der Waals surface area contributed by atoms with Crippen LogP contribution in [0.1, 0.15) is 38.8 Å². The van der Waals surface area contributed by atoms with Gasteiger partial charge in [0.1, 0.15) is 0 Å². The van der Waals surface area contributed by atoms with Gasteiger partial charge in [0, 0.05) is 0 Å². The SMILES string of the molecule is C[C](C)c1ccccc1CC(C)C. The van der Waals surface area contributed by atoms with Gasteiger partial charge in [0.2, 0.25) is 0 Å². The molecule has 0 fully saturated rings. The molecule has 0 amide bonds. The molecule has 0 aromatic heterocycles. The molecular weight excluding hydrogens is 156 g/mol. The van der Waals surface area contributed by atoms with Gasteiger partial charge in [-0.05, 0) is 29.4 Å². The second kappa shape index (κ2) is 4.45. The van der Waals surface area contributed by atoms with Crippen LogP contribution in [-0.2, 0) is 6.42 Å². The minimum atomic E-state index is 0.737. The third-order valence-corrected chi connectivity index (χ3v) is 2.18. The van der Waals surface area contributed by atoms with Crippen molar-refractivity contribution < 1.29 is 0 Å². The summed E-state index contributed by atoms with van der Waals surface area (Å²) in [4.78, 5) is 0. The molecule has 71 valence electrons. The minimum absolute atomic E-state index is 0.737. The highest BCUT2D eigenvalue weighted by Crippen LogP contribution is 2.20. The predicted molar refractivity (Wildman–Crippen MR) is 58.7 cm³/mol. The lowest BCUT2D eigenvalue weighted by Crippen LogP contribution is -2.00. The Bertz CT molecular complexity index is 258. The molecule has 1 rings (SSSR count). The lowest BCUT2D eigenvalue weighted by molar-refractivity contribution is 0.644. The van der Waals surface area contributed by atoms with Crippen LogP contribution in [0.3, 0.4) is 0 Å². The molecule has 0 N–H and O–H groups in total. The lowest BCUT2D eigenvalue weighted by Gasteiger charge is -2.13. The van der Waals surface area contributed by atoms with E-state index < -0.39 is 0 Å². The molecule has 0 aliphatic heterocycles. The molecule has 13 heavy (non-hydrogen) atoms. The zero-order valence-corrected chi connectivity index (χ0v) is 9.09. The van der Waals surface area contributed by atoms with Crippen molar-refractivity contribution in [3.05, 3.63) is 41.3 Å². The Morgan fingerprint density at radius 2 is 1.77 bits per heavy atom. The van der Waals surface area contributed by atoms with Gasteiger partial charge in [0.25, 0.3) is 0 Å². The first kappa shape index (κ1) is 10.3. The van der Waals surface area contributed by atoms with Crippen molar-refractivity contribution in [2.45, 2.75) is 34.1 Å². The van der Waals surface area contributed by atoms with Crippen LogP contribution in [-0.4, -0.2) is 0 Å². The summed E-state index contributed by atoms with van der Waals surface area (Å²) < 4.78 is 0. The van der Waals surface area contributed by atoms with Gasteiger partial charge in [0.05, 0.1) is 0 Å². The first-order chi connectivity index (χ1) is 6.11. The van der Waals surface area contributed by atoms with E-state index >= 15 is 0 Å². The second-order valence-corrected chi connectivity index (χ2v) is 4.26. The van der Waals surface area contributed by atoms with Crippen LogP contribution >= 0.6 is 0 Å². The van der Waals surface area contributed by atoms with Crippen molar-refractivity contribution in [2.24, 2.45) is 5.92 Å². The first-order valence-corrected chi connectivity index (χ1v) is 4.99. The van der Waals surface area contributed by atoms with Gasteiger partial charge in [-0.3, -0.25) is 0 Å². The number of hydrogen-bond donors (Lipinski definition) is 0. The van der Waals surface area contributed by atoms with Crippen LogP contribution < -0.4 is 0 Å². The molecule has 0 heteroatoms. The fourth-order valence-electron chi connectivity index (χ4n) is 1.63. The number of benzene rings is 1. The molecule has 0 atom stereocenters. The maximum Gasteiger partial charge on any atom is -0.000922 e. The Balaban J connectivity index is 2.91. The molecule has 0 bridgehead atoms. The third kappa shape index (κ3) is 2.87. The maximum absolute atomic E-state index is 2.27. The fraction of sp³-hybridized carbons (Fsp3) is 0.462. The van der Waals surface area contributed by atoms with E-state index in [2.05, 4.69) is 52.0 Å². The molecule has 0 aliphatic rings. The van der Waals surface area contributed by atoms with Crippen molar-refractivity contribution in [3.8, 4) is 0 Å². The lowest BCUT2D eigenvalue weighted by atomic mass is 9.92. The standard InChI is InChI=1S/C13H19/c1-10(2)9-12-7-5-6-8-13(12)11(3)4/h5-8,10H,9H2,1-4H3. The second-order valence-electron chi connectivity index (χ2n) is 4.26. The van der Waals surface area contributed by atoms with Crippen LogP contribution in [0, 0.1) is 11.8 Å². The first-order valence-electron chi connectivity index (χ1n) is 4.99. The van der Waals surface area contributed by atoms with E-state index in [0.29, 0.717) is 0 Å². The average molecular weight is 175 g/mol. The van der Waals surface area contributed by atoms with Crippen LogP contribution in [0.2, 0.25) is 0 Å². The van der Waals surface area contributed by atoms with Crippen molar-refractivity contribution in [1.82, 2.24) is 0 Å². The molecule has 1 aromatic carbocycles. The van der Waals surface area contributed by atoms with Crippen LogP contribution in [0.15, 0.2) is 24.3 Å². The summed E-state index contributed by atoms with van der Waals surface area (Å²) >= 11 is 0. The summed E-state index contributed by atoms with van der Waals surface area (Å²) in [7, 11) is 0. The van der Waals surface area contributed by atoms with Gasteiger partial charge in [-0.15, -0.1) is 0 Å². The largest absolute Gasteiger partial charge is 0.0625 e. The van der Waals surface area contributed by atoms with E-state index in [9.17, 15) is 0 Å². The minimum Gasteiger partial charge on any atom is -0.0625 e. The highest BCUT2D eigenvalue weighted by molar-refractivity contribution is 5.36. The average Bonchev–Trinajstić information content (AvgIpc) is 2.03. The molecule has 1 radical (unpaired) electrons. The number of hydrogen-bond acceptors (Lipinski definition) is 0. The van der Waals surface area contributed by atoms with Gasteiger partial charge >= 0.3 is 0 Å². The molecular formula is C13H19. The van der Waals surface area contributed by atoms with Crippen molar-refractivity contribution in [3.63, 3.8) is 0 Å². The van der Waals surface area contributed by atoms with E-state index in [0.717, 1.165) is 5.92 Å². The van der Waals surface area contributed by atoms with E-state index in [4.69, 9.17) is 0 Å². The Hall–Kier alpha value is -0.780. The molecule has 0 saturated carbocycles. The maximum atomic E-state index is 2.27. The van der Waals surface area contributed by atoms with E-state index in [1.807, 2.05) is 0 Å². The third-order valence-electron chi connectivity index (χ3n) is 2.18. The van der Waals surface area contributed by atoms with Crippen LogP contribution in [0.25, 0.3) is 0 Å².